The molecule has 1 aromatic heterocycles. The normalized spacial score (nSPS) is 14.3. The Labute approximate surface area is 97.8 Å². The Morgan fingerprint density at radius 2 is 2.18 bits per heavy atom. The minimum atomic E-state index is -0.685. The lowest BCUT2D eigenvalue weighted by atomic mass is 9.94. The number of rotatable bonds is 2. The molecule has 2 rings (SSSR count). The Hall–Kier alpha value is -1.91. The molecule has 1 aromatic rings. The molecule has 17 heavy (non-hydrogen) atoms. The molecule has 0 atom stereocenters. The van der Waals surface area contributed by atoms with Crippen molar-refractivity contribution in [1.29, 1.82) is 0 Å². The van der Waals surface area contributed by atoms with Gasteiger partial charge in [-0.05, 0) is 25.8 Å². The molecule has 0 unspecified atom stereocenters. The Morgan fingerprint density at radius 3 is 2.88 bits per heavy atom. The van der Waals surface area contributed by atoms with Crippen molar-refractivity contribution in [3.8, 4) is 0 Å². The van der Waals surface area contributed by atoms with E-state index in [2.05, 4.69) is 4.98 Å². The van der Waals surface area contributed by atoms with E-state index in [1.54, 1.807) is 6.92 Å². The Balaban J connectivity index is 2.49. The molecule has 5 heteroatoms. The zero-order valence-electron chi connectivity index (χ0n) is 9.54. The van der Waals surface area contributed by atoms with Crippen LogP contribution in [0, 0.1) is 0 Å². The van der Waals surface area contributed by atoms with Gasteiger partial charge < -0.3 is 9.72 Å². The summed E-state index contributed by atoms with van der Waals surface area (Å²) in [5.41, 5.74) is 0.482. The van der Waals surface area contributed by atoms with Gasteiger partial charge in [-0.3, -0.25) is 9.59 Å². The van der Waals surface area contributed by atoms with Crippen molar-refractivity contribution in [2.24, 2.45) is 0 Å². The SMILES string of the molecule is CCOC(=O)c1cc2c([nH]c1=O)CCCC2=O. The molecule has 5 nitrogen and oxygen atoms in total. The Morgan fingerprint density at radius 1 is 1.41 bits per heavy atom. The number of esters is 1. The first kappa shape index (κ1) is 11.6. The molecule has 90 valence electrons. The van der Waals surface area contributed by atoms with Crippen molar-refractivity contribution >= 4 is 11.8 Å². The van der Waals surface area contributed by atoms with Crippen LogP contribution in [0.3, 0.4) is 0 Å². The molecule has 0 aromatic carbocycles. The summed E-state index contributed by atoms with van der Waals surface area (Å²) in [6.45, 7) is 1.86. The van der Waals surface area contributed by atoms with Crippen LogP contribution < -0.4 is 5.56 Å². The van der Waals surface area contributed by atoms with Crippen LogP contribution in [0.2, 0.25) is 0 Å². The van der Waals surface area contributed by atoms with Crippen LogP contribution in [0.25, 0.3) is 0 Å². The monoisotopic (exact) mass is 235 g/mol. The smallest absolute Gasteiger partial charge is 0.343 e. The van der Waals surface area contributed by atoms with Crippen molar-refractivity contribution in [3.63, 3.8) is 0 Å². The summed E-state index contributed by atoms with van der Waals surface area (Å²) in [6.07, 6.45) is 1.86. The zero-order valence-corrected chi connectivity index (χ0v) is 9.54. The molecule has 1 aliphatic rings. The predicted molar refractivity (Wildman–Crippen MR) is 60.3 cm³/mol. The summed E-state index contributed by atoms with van der Waals surface area (Å²) < 4.78 is 4.76. The van der Waals surface area contributed by atoms with E-state index in [4.69, 9.17) is 4.74 Å². The van der Waals surface area contributed by atoms with E-state index in [0.29, 0.717) is 24.1 Å². The Bertz CT molecular complexity index is 530. The van der Waals surface area contributed by atoms with Crippen molar-refractivity contribution < 1.29 is 14.3 Å². The van der Waals surface area contributed by atoms with Gasteiger partial charge >= 0.3 is 5.97 Å². The average Bonchev–Trinajstić information content (AvgIpc) is 2.29. The molecule has 0 spiro atoms. The number of carbonyl (C=O) groups excluding carboxylic acids is 2. The van der Waals surface area contributed by atoms with Gasteiger partial charge in [-0.2, -0.15) is 0 Å². The number of carbonyl (C=O) groups is 2. The fourth-order valence-corrected chi connectivity index (χ4v) is 1.94. The van der Waals surface area contributed by atoms with Crippen LogP contribution in [0.5, 0.6) is 0 Å². The molecule has 0 saturated carbocycles. The number of aromatic nitrogens is 1. The first-order chi connectivity index (χ1) is 8.13. The van der Waals surface area contributed by atoms with E-state index < -0.39 is 11.5 Å². The van der Waals surface area contributed by atoms with Gasteiger partial charge in [0.05, 0.1) is 6.61 Å². The number of fused-ring (bicyclic) bond motifs is 1. The molecule has 0 aliphatic heterocycles. The average molecular weight is 235 g/mol. The molecule has 1 aliphatic carbocycles. The van der Waals surface area contributed by atoms with Crippen LogP contribution in [-0.4, -0.2) is 23.3 Å². The minimum Gasteiger partial charge on any atom is -0.462 e. The second kappa shape index (κ2) is 4.53. The number of pyridine rings is 1. The predicted octanol–water partition coefficient (Wildman–Crippen LogP) is 1.07. The molecule has 1 N–H and O–H groups in total. The number of ether oxygens (including phenoxy) is 1. The number of aryl methyl sites for hydroxylation is 1. The van der Waals surface area contributed by atoms with Gasteiger partial charge in [0.1, 0.15) is 5.56 Å². The third-order valence-corrected chi connectivity index (χ3v) is 2.75. The largest absolute Gasteiger partial charge is 0.462 e. The van der Waals surface area contributed by atoms with Gasteiger partial charge in [-0.15, -0.1) is 0 Å². The molecular weight excluding hydrogens is 222 g/mol. The fraction of sp³-hybridized carbons (Fsp3) is 0.417. The van der Waals surface area contributed by atoms with E-state index in [9.17, 15) is 14.4 Å². The highest BCUT2D eigenvalue weighted by atomic mass is 16.5. The number of aromatic amines is 1. The van der Waals surface area contributed by atoms with E-state index in [1.807, 2.05) is 0 Å². The summed E-state index contributed by atoms with van der Waals surface area (Å²) in [5.74, 6) is -0.719. The number of ketones is 1. The number of nitrogens with one attached hydrogen (secondary N) is 1. The summed E-state index contributed by atoms with van der Waals surface area (Å²) >= 11 is 0. The van der Waals surface area contributed by atoms with Crippen molar-refractivity contribution in [1.82, 2.24) is 4.98 Å². The molecule has 1 heterocycles. The third kappa shape index (κ3) is 2.13. The van der Waals surface area contributed by atoms with Crippen LogP contribution in [-0.2, 0) is 11.2 Å². The molecular formula is C12H13NO4. The topological polar surface area (TPSA) is 76.2 Å². The fourth-order valence-electron chi connectivity index (χ4n) is 1.94. The van der Waals surface area contributed by atoms with E-state index in [1.165, 1.54) is 6.07 Å². The van der Waals surface area contributed by atoms with Crippen LogP contribution >= 0.6 is 0 Å². The quantitative estimate of drug-likeness (QED) is 0.778. The lowest BCUT2D eigenvalue weighted by molar-refractivity contribution is 0.0524. The van der Waals surface area contributed by atoms with Gasteiger partial charge in [0, 0.05) is 17.7 Å². The number of H-pyrrole nitrogens is 1. The maximum Gasteiger partial charge on any atom is 0.343 e. The second-order valence-electron chi connectivity index (χ2n) is 3.90. The first-order valence-corrected chi connectivity index (χ1v) is 5.60. The third-order valence-electron chi connectivity index (χ3n) is 2.75. The Kier molecular flexibility index (Phi) is 3.08. The molecule has 0 radical (unpaired) electrons. The maximum atomic E-state index is 11.7. The molecule has 0 amide bonds. The molecule has 0 saturated heterocycles. The van der Waals surface area contributed by atoms with Gasteiger partial charge in [-0.1, -0.05) is 0 Å². The maximum absolute atomic E-state index is 11.7. The minimum absolute atomic E-state index is 0.0342. The van der Waals surface area contributed by atoms with Gasteiger partial charge in [0.15, 0.2) is 5.78 Å². The van der Waals surface area contributed by atoms with Crippen LogP contribution in [0.4, 0.5) is 0 Å². The lowest BCUT2D eigenvalue weighted by Crippen LogP contribution is -2.25. The van der Waals surface area contributed by atoms with Crippen molar-refractivity contribution in [2.45, 2.75) is 26.2 Å². The van der Waals surface area contributed by atoms with Gasteiger partial charge in [0.2, 0.25) is 0 Å². The number of hydrogen-bond donors (Lipinski definition) is 1. The summed E-state index contributed by atoms with van der Waals surface area (Å²) in [5, 5.41) is 0. The first-order valence-electron chi connectivity index (χ1n) is 5.60. The molecule has 0 bridgehead atoms. The highest BCUT2D eigenvalue weighted by Crippen LogP contribution is 2.18. The van der Waals surface area contributed by atoms with E-state index >= 15 is 0 Å². The van der Waals surface area contributed by atoms with Crippen LogP contribution in [0.15, 0.2) is 10.9 Å². The highest BCUT2D eigenvalue weighted by Gasteiger charge is 2.22. The lowest BCUT2D eigenvalue weighted by Gasteiger charge is -2.14. The van der Waals surface area contributed by atoms with Gasteiger partial charge in [0.25, 0.3) is 5.56 Å². The zero-order chi connectivity index (χ0) is 12.4. The van der Waals surface area contributed by atoms with Crippen LogP contribution in [0.1, 0.15) is 46.2 Å². The summed E-state index contributed by atoms with van der Waals surface area (Å²) in [7, 11) is 0. The number of hydrogen-bond acceptors (Lipinski definition) is 4. The number of Topliss-reactive ketones (excluding diaryl/α,β-unsaturated/α-hetero) is 1. The summed E-state index contributed by atoms with van der Waals surface area (Å²) in [4.78, 5) is 37.4. The van der Waals surface area contributed by atoms with Gasteiger partial charge in [-0.25, -0.2) is 4.79 Å². The van der Waals surface area contributed by atoms with Crippen molar-refractivity contribution in [2.75, 3.05) is 6.61 Å². The second-order valence-corrected chi connectivity index (χ2v) is 3.90. The van der Waals surface area contributed by atoms with E-state index in [-0.39, 0.29) is 18.0 Å². The molecule has 0 fully saturated rings. The standard InChI is InChI=1S/C12H13NO4/c1-2-17-12(16)8-6-7-9(13-11(8)15)4-3-5-10(7)14/h6H,2-5H2,1H3,(H,13,15). The highest BCUT2D eigenvalue weighted by molar-refractivity contribution is 6.00. The summed E-state index contributed by atoms with van der Waals surface area (Å²) in [6, 6.07) is 1.35. The van der Waals surface area contributed by atoms with Crippen molar-refractivity contribution in [3.05, 3.63) is 33.2 Å². The van der Waals surface area contributed by atoms with E-state index in [0.717, 1.165) is 6.42 Å².